The van der Waals surface area contributed by atoms with E-state index in [0.717, 1.165) is 16.0 Å². The molecule has 1 aromatic rings. The Kier molecular flexibility index (Phi) is 4.74. The predicted molar refractivity (Wildman–Crippen MR) is 75.9 cm³/mol. The van der Waals surface area contributed by atoms with Crippen molar-refractivity contribution in [3.63, 3.8) is 0 Å². The number of carbonyl (C=O) groups excluding carboxylic acids is 1. The fourth-order valence-corrected chi connectivity index (χ4v) is 1.94. The normalized spacial score (nSPS) is 9.89. The second-order valence-electron chi connectivity index (χ2n) is 4.11. The molecule has 0 atom stereocenters. The van der Waals surface area contributed by atoms with Gasteiger partial charge in [0.05, 0.1) is 12.8 Å². The SMILES string of the molecule is CCNC(=O)N(C(=N)N)c1c(C)ccc(OC)c1C. The quantitative estimate of drug-likeness (QED) is 0.573. The number of nitrogens with one attached hydrogen (secondary N) is 2. The highest BCUT2D eigenvalue weighted by molar-refractivity contribution is 6.14. The van der Waals surface area contributed by atoms with Crippen molar-refractivity contribution >= 4 is 17.7 Å². The van der Waals surface area contributed by atoms with Gasteiger partial charge in [0.2, 0.25) is 5.96 Å². The van der Waals surface area contributed by atoms with Crippen molar-refractivity contribution in [1.82, 2.24) is 5.32 Å². The molecule has 1 aromatic carbocycles. The van der Waals surface area contributed by atoms with Gasteiger partial charge in [0.15, 0.2) is 0 Å². The minimum Gasteiger partial charge on any atom is -0.496 e. The number of ether oxygens (including phenoxy) is 1. The van der Waals surface area contributed by atoms with Gasteiger partial charge in [-0.05, 0) is 32.4 Å². The number of aryl methyl sites for hydroxylation is 1. The topological polar surface area (TPSA) is 91.4 Å². The maximum Gasteiger partial charge on any atom is 0.328 e. The molecule has 2 amide bonds. The number of nitrogens with two attached hydrogens (primary N) is 1. The van der Waals surface area contributed by atoms with Crippen molar-refractivity contribution < 1.29 is 9.53 Å². The molecule has 0 fully saturated rings. The molecule has 0 aromatic heterocycles. The molecule has 0 unspecified atom stereocenters. The Morgan fingerprint density at radius 3 is 2.58 bits per heavy atom. The summed E-state index contributed by atoms with van der Waals surface area (Å²) in [5.74, 6) is 0.321. The first kappa shape index (κ1) is 14.8. The summed E-state index contributed by atoms with van der Waals surface area (Å²) in [6.07, 6.45) is 0. The monoisotopic (exact) mass is 264 g/mol. The Labute approximate surface area is 113 Å². The molecule has 1 rings (SSSR count). The molecule has 0 aliphatic carbocycles. The van der Waals surface area contributed by atoms with Crippen LogP contribution in [0, 0.1) is 19.3 Å². The van der Waals surface area contributed by atoms with Crippen LogP contribution in [0.4, 0.5) is 10.5 Å². The molecule has 6 nitrogen and oxygen atoms in total. The highest BCUT2D eigenvalue weighted by Gasteiger charge is 2.23. The van der Waals surface area contributed by atoms with E-state index in [-0.39, 0.29) is 5.96 Å². The number of guanidine groups is 1. The van der Waals surface area contributed by atoms with Crippen LogP contribution in [0.1, 0.15) is 18.1 Å². The van der Waals surface area contributed by atoms with Crippen molar-refractivity contribution in [2.45, 2.75) is 20.8 Å². The number of anilines is 1. The maximum absolute atomic E-state index is 12.0. The van der Waals surface area contributed by atoms with Crippen LogP contribution in [0.25, 0.3) is 0 Å². The average Bonchev–Trinajstić information content (AvgIpc) is 2.34. The number of nitrogens with zero attached hydrogens (tertiary/aromatic N) is 1. The van der Waals surface area contributed by atoms with Gasteiger partial charge in [-0.15, -0.1) is 0 Å². The molecule has 0 bridgehead atoms. The van der Waals surface area contributed by atoms with E-state index in [9.17, 15) is 4.79 Å². The van der Waals surface area contributed by atoms with Gasteiger partial charge < -0.3 is 15.8 Å². The van der Waals surface area contributed by atoms with Crippen molar-refractivity contribution in [3.05, 3.63) is 23.3 Å². The molecule has 0 radical (unpaired) electrons. The number of urea groups is 1. The molecule has 0 saturated heterocycles. The number of amides is 2. The number of benzene rings is 1. The molecule has 0 heterocycles. The lowest BCUT2D eigenvalue weighted by Crippen LogP contribution is -2.47. The summed E-state index contributed by atoms with van der Waals surface area (Å²) in [5, 5.41) is 10.3. The van der Waals surface area contributed by atoms with Gasteiger partial charge in [-0.2, -0.15) is 0 Å². The minimum absolute atomic E-state index is 0.328. The molecule has 0 aliphatic rings. The standard InChI is InChI=1S/C13H20N4O2/c1-5-16-13(18)17(12(14)15)11-8(2)6-7-10(19-4)9(11)3/h6-7H,5H2,1-4H3,(H3,14,15)(H,16,18). The molecule has 0 spiro atoms. The van der Waals surface area contributed by atoms with Gasteiger partial charge in [-0.25, -0.2) is 9.69 Å². The van der Waals surface area contributed by atoms with E-state index in [0.29, 0.717) is 18.0 Å². The first-order valence-corrected chi connectivity index (χ1v) is 6.00. The zero-order chi connectivity index (χ0) is 14.6. The third-order valence-corrected chi connectivity index (χ3v) is 2.80. The number of hydrogen-bond acceptors (Lipinski definition) is 3. The van der Waals surface area contributed by atoms with Gasteiger partial charge in [0.25, 0.3) is 0 Å². The van der Waals surface area contributed by atoms with E-state index >= 15 is 0 Å². The summed E-state index contributed by atoms with van der Waals surface area (Å²) in [5.41, 5.74) is 7.73. The fourth-order valence-electron chi connectivity index (χ4n) is 1.94. The zero-order valence-corrected chi connectivity index (χ0v) is 11.7. The molecule has 6 heteroatoms. The Hall–Kier alpha value is -2.24. The first-order valence-electron chi connectivity index (χ1n) is 6.00. The second kappa shape index (κ2) is 6.08. The summed E-state index contributed by atoms with van der Waals surface area (Å²) in [6, 6.07) is 3.23. The van der Waals surface area contributed by atoms with Crippen LogP contribution in [0.5, 0.6) is 5.75 Å². The Morgan fingerprint density at radius 2 is 2.11 bits per heavy atom. The maximum atomic E-state index is 12.0. The van der Waals surface area contributed by atoms with Crippen LogP contribution in [-0.2, 0) is 0 Å². The van der Waals surface area contributed by atoms with E-state index in [2.05, 4.69) is 5.32 Å². The average molecular weight is 264 g/mol. The van der Waals surface area contributed by atoms with E-state index in [1.54, 1.807) is 7.11 Å². The van der Waals surface area contributed by atoms with Crippen molar-refractivity contribution in [2.75, 3.05) is 18.6 Å². The lowest BCUT2D eigenvalue weighted by molar-refractivity contribution is 0.249. The number of rotatable bonds is 3. The molecule has 104 valence electrons. The molecule has 0 saturated carbocycles. The lowest BCUT2D eigenvalue weighted by Gasteiger charge is -2.25. The smallest absolute Gasteiger partial charge is 0.328 e. The van der Waals surface area contributed by atoms with Crippen LogP contribution in [0.15, 0.2) is 12.1 Å². The molecular formula is C13H20N4O2. The molecule has 19 heavy (non-hydrogen) atoms. The lowest BCUT2D eigenvalue weighted by atomic mass is 10.1. The number of hydrogen-bond donors (Lipinski definition) is 3. The number of carbonyl (C=O) groups is 1. The van der Waals surface area contributed by atoms with E-state index in [4.69, 9.17) is 15.9 Å². The van der Waals surface area contributed by atoms with Gasteiger partial charge in [-0.3, -0.25) is 5.41 Å². The highest BCUT2D eigenvalue weighted by Crippen LogP contribution is 2.31. The summed E-state index contributed by atoms with van der Waals surface area (Å²) in [6.45, 7) is 5.96. The van der Waals surface area contributed by atoms with Crippen LogP contribution in [0.3, 0.4) is 0 Å². The van der Waals surface area contributed by atoms with Crippen LogP contribution >= 0.6 is 0 Å². The van der Waals surface area contributed by atoms with Crippen LogP contribution < -0.4 is 20.7 Å². The summed E-state index contributed by atoms with van der Waals surface area (Å²) < 4.78 is 5.24. The molecular weight excluding hydrogens is 244 g/mol. The van der Waals surface area contributed by atoms with Gasteiger partial charge >= 0.3 is 6.03 Å². The largest absolute Gasteiger partial charge is 0.496 e. The zero-order valence-electron chi connectivity index (χ0n) is 11.7. The first-order chi connectivity index (χ1) is 8.93. The van der Waals surface area contributed by atoms with Crippen molar-refractivity contribution in [2.24, 2.45) is 5.73 Å². The van der Waals surface area contributed by atoms with Gasteiger partial charge in [-0.1, -0.05) is 6.07 Å². The summed E-state index contributed by atoms with van der Waals surface area (Å²) >= 11 is 0. The second-order valence-corrected chi connectivity index (χ2v) is 4.11. The van der Waals surface area contributed by atoms with Crippen molar-refractivity contribution in [1.29, 1.82) is 5.41 Å². The minimum atomic E-state index is -0.422. The molecule has 4 N–H and O–H groups in total. The van der Waals surface area contributed by atoms with Gasteiger partial charge in [0, 0.05) is 12.1 Å². The van der Waals surface area contributed by atoms with Gasteiger partial charge in [0.1, 0.15) is 5.75 Å². The Bertz CT molecular complexity index is 500. The number of methoxy groups -OCH3 is 1. The third kappa shape index (κ3) is 2.96. The Morgan fingerprint density at radius 1 is 1.47 bits per heavy atom. The summed E-state index contributed by atoms with van der Waals surface area (Å²) in [7, 11) is 1.56. The Balaban J connectivity index is 3.38. The summed E-state index contributed by atoms with van der Waals surface area (Å²) in [4.78, 5) is 13.2. The van der Waals surface area contributed by atoms with E-state index in [1.165, 1.54) is 0 Å². The van der Waals surface area contributed by atoms with Crippen LogP contribution in [-0.4, -0.2) is 25.6 Å². The van der Waals surface area contributed by atoms with Crippen molar-refractivity contribution in [3.8, 4) is 5.75 Å². The predicted octanol–water partition coefficient (Wildman–Crippen LogP) is 1.74. The molecule has 0 aliphatic heterocycles. The fraction of sp³-hybridized carbons (Fsp3) is 0.385. The van der Waals surface area contributed by atoms with Crippen LogP contribution in [0.2, 0.25) is 0 Å². The van der Waals surface area contributed by atoms with E-state index < -0.39 is 6.03 Å². The van der Waals surface area contributed by atoms with E-state index in [1.807, 2.05) is 32.9 Å². The third-order valence-electron chi connectivity index (χ3n) is 2.80. The highest BCUT2D eigenvalue weighted by atomic mass is 16.5.